The summed E-state index contributed by atoms with van der Waals surface area (Å²) in [6.45, 7) is 16.2. The molecule has 0 N–H and O–H groups in total. The minimum atomic E-state index is 0.634. The molecule has 2 unspecified atom stereocenters. The molecular weight excluding hydrogens is 374 g/mol. The molecule has 2 atom stereocenters. The van der Waals surface area contributed by atoms with Gasteiger partial charge < -0.3 is 34.3 Å². The lowest BCUT2D eigenvalue weighted by molar-refractivity contribution is 0.147. The second-order valence-corrected chi connectivity index (χ2v) is 10.1. The van der Waals surface area contributed by atoms with E-state index in [1.54, 1.807) is 0 Å². The van der Waals surface area contributed by atoms with E-state index in [2.05, 4.69) is 112 Å². The molecule has 1 rings (SSSR count). The monoisotopic (exact) mass is 429 g/mol. The van der Waals surface area contributed by atoms with Crippen molar-refractivity contribution in [3.63, 3.8) is 0 Å². The van der Waals surface area contributed by atoms with Gasteiger partial charge in [-0.1, -0.05) is 0 Å². The SMILES string of the molecule is CC(CN(C)C)N(C)CCN(C)C.CC1CN(C)CCN(C)CCN(C)CCN1C. The molecule has 1 saturated heterocycles. The molecule has 0 aromatic carbocycles. The van der Waals surface area contributed by atoms with E-state index < -0.39 is 0 Å². The number of hydrogen-bond acceptors (Lipinski definition) is 7. The molecular formula is C23H55N7. The normalized spacial score (nSPS) is 23.2. The van der Waals surface area contributed by atoms with Crippen molar-refractivity contribution in [1.82, 2.24) is 34.3 Å². The maximum absolute atomic E-state index is 2.47. The molecule has 30 heavy (non-hydrogen) atoms. The van der Waals surface area contributed by atoms with Crippen LogP contribution in [0, 0.1) is 0 Å². The average Bonchev–Trinajstić information content (AvgIpc) is 2.65. The fourth-order valence-electron chi connectivity index (χ4n) is 3.38. The van der Waals surface area contributed by atoms with Crippen LogP contribution >= 0.6 is 0 Å². The molecule has 1 fully saturated rings. The highest BCUT2D eigenvalue weighted by Gasteiger charge is 2.14. The maximum atomic E-state index is 2.47. The molecule has 1 aliphatic heterocycles. The summed E-state index contributed by atoms with van der Waals surface area (Å²) < 4.78 is 0. The van der Waals surface area contributed by atoms with Gasteiger partial charge in [-0.25, -0.2) is 0 Å². The Labute approximate surface area is 189 Å². The van der Waals surface area contributed by atoms with Gasteiger partial charge in [0.15, 0.2) is 0 Å². The van der Waals surface area contributed by atoms with Crippen molar-refractivity contribution in [2.45, 2.75) is 25.9 Å². The van der Waals surface area contributed by atoms with Crippen LogP contribution in [0.25, 0.3) is 0 Å². The Hall–Kier alpha value is -0.280. The lowest BCUT2D eigenvalue weighted by atomic mass is 10.2. The summed E-state index contributed by atoms with van der Waals surface area (Å²) in [4.78, 5) is 16.6. The predicted octanol–water partition coefficient (Wildman–Crippen LogP) is 0.546. The lowest BCUT2D eigenvalue weighted by Crippen LogP contribution is -2.45. The zero-order valence-corrected chi connectivity index (χ0v) is 22.4. The van der Waals surface area contributed by atoms with Gasteiger partial charge in [0.1, 0.15) is 0 Å². The zero-order chi connectivity index (χ0) is 23.3. The second kappa shape index (κ2) is 16.4. The van der Waals surface area contributed by atoms with Crippen LogP contribution in [0.15, 0.2) is 0 Å². The fourth-order valence-corrected chi connectivity index (χ4v) is 3.38. The highest BCUT2D eigenvalue weighted by atomic mass is 15.2. The van der Waals surface area contributed by atoms with Crippen LogP contribution in [-0.2, 0) is 0 Å². The number of rotatable bonds is 6. The number of likely N-dealkylation sites (N-methyl/N-ethyl adjacent to an activating group) is 7. The highest BCUT2D eigenvalue weighted by molar-refractivity contribution is 4.71. The Kier molecular flexibility index (Phi) is 16.2. The third-order valence-corrected chi connectivity index (χ3v) is 6.17. The van der Waals surface area contributed by atoms with Crippen LogP contribution < -0.4 is 0 Å². The van der Waals surface area contributed by atoms with Gasteiger partial charge in [-0.3, -0.25) is 0 Å². The molecule has 0 bridgehead atoms. The molecule has 0 spiro atoms. The molecule has 7 nitrogen and oxygen atoms in total. The van der Waals surface area contributed by atoms with Gasteiger partial charge in [0.25, 0.3) is 0 Å². The van der Waals surface area contributed by atoms with Gasteiger partial charge in [-0.05, 0) is 77.3 Å². The second-order valence-electron chi connectivity index (χ2n) is 10.1. The molecule has 0 aromatic rings. The van der Waals surface area contributed by atoms with Gasteiger partial charge in [0.2, 0.25) is 0 Å². The van der Waals surface area contributed by atoms with Crippen LogP contribution in [0.5, 0.6) is 0 Å². The maximum Gasteiger partial charge on any atom is 0.0192 e. The highest BCUT2D eigenvalue weighted by Crippen LogP contribution is 2.01. The first-order valence-corrected chi connectivity index (χ1v) is 11.7. The van der Waals surface area contributed by atoms with Crippen molar-refractivity contribution in [3.05, 3.63) is 0 Å². The van der Waals surface area contributed by atoms with E-state index in [9.17, 15) is 0 Å². The Morgan fingerprint density at radius 1 is 0.700 bits per heavy atom. The lowest BCUT2D eigenvalue weighted by Gasteiger charge is -2.32. The predicted molar refractivity (Wildman–Crippen MR) is 134 cm³/mol. The first-order valence-electron chi connectivity index (χ1n) is 11.7. The van der Waals surface area contributed by atoms with Gasteiger partial charge in [0.05, 0.1) is 0 Å². The quantitative estimate of drug-likeness (QED) is 0.607. The summed E-state index contributed by atoms with van der Waals surface area (Å²) in [6, 6.07) is 1.27. The molecule has 0 amide bonds. The van der Waals surface area contributed by atoms with Crippen molar-refractivity contribution in [1.29, 1.82) is 0 Å². The van der Waals surface area contributed by atoms with E-state index in [1.165, 1.54) is 32.7 Å². The average molecular weight is 430 g/mol. The van der Waals surface area contributed by atoms with Crippen molar-refractivity contribution in [3.8, 4) is 0 Å². The first kappa shape index (κ1) is 29.7. The fraction of sp³-hybridized carbons (Fsp3) is 1.00. The topological polar surface area (TPSA) is 22.7 Å². The summed E-state index contributed by atoms with van der Waals surface area (Å²) in [5, 5.41) is 0. The van der Waals surface area contributed by atoms with Gasteiger partial charge in [-0.2, -0.15) is 0 Å². The molecule has 1 heterocycles. The van der Waals surface area contributed by atoms with Crippen LogP contribution in [0.4, 0.5) is 0 Å². The molecule has 1 aliphatic rings. The van der Waals surface area contributed by atoms with Crippen molar-refractivity contribution in [2.24, 2.45) is 0 Å². The van der Waals surface area contributed by atoms with Crippen molar-refractivity contribution >= 4 is 0 Å². The van der Waals surface area contributed by atoms with E-state index >= 15 is 0 Å². The largest absolute Gasteiger partial charge is 0.308 e. The van der Waals surface area contributed by atoms with Crippen LogP contribution in [-0.4, -0.2) is 175 Å². The Balaban J connectivity index is 0.000000584. The Bertz CT molecular complexity index is 405. The number of hydrogen-bond donors (Lipinski definition) is 0. The first-order chi connectivity index (χ1) is 13.9. The van der Waals surface area contributed by atoms with Gasteiger partial charge >= 0.3 is 0 Å². The zero-order valence-electron chi connectivity index (χ0n) is 22.4. The summed E-state index contributed by atoms with van der Waals surface area (Å²) in [5.41, 5.74) is 0. The number of nitrogens with zero attached hydrogens (tertiary/aromatic N) is 7. The minimum Gasteiger partial charge on any atom is -0.308 e. The molecule has 0 aromatic heterocycles. The smallest absolute Gasteiger partial charge is 0.0192 e. The van der Waals surface area contributed by atoms with Crippen LogP contribution in [0.3, 0.4) is 0 Å². The van der Waals surface area contributed by atoms with E-state index in [4.69, 9.17) is 0 Å². The van der Waals surface area contributed by atoms with Crippen molar-refractivity contribution in [2.75, 3.05) is 129 Å². The summed E-state index contributed by atoms with van der Waals surface area (Å²) in [7, 11) is 19.6. The molecule has 0 aliphatic carbocycles. The van der Waals surface area contributed by atoms with E-state index in [0.29, 0.717) is 12.1 Å². The minimum absolute atomic E-state index is 0.634. The molecule has 182 valence electrons. The van der Waals surface area contributed by atoms with Crippen molar-refractivity contribution < 1.29 is 0 Å². The van der Waals surface area contributed by atoms with Crippen LogP contribution in [0.2, 0.25) is 0 Å². The van der Waals surface area contributed by atoms with Gasteiger partial charge in [-0.15, -0.1) is 0 Å². The Morgan fingerprint density at radius 2 is 1.17 bits per heavy atom. The summed E-state index contributed by atoms with van der Waals surface area (Å²) >= 11 is 0. The van der Waals surface area contributed by atoms with E-state index in [1.807, 2.05) is 0 Å². The Morgan fingerprint density at radius 3 is 1.63 bits per heavy atom. The third-order valence-electron chi connectivity index (χ3n) is 6.17. The molecule has 7 heteroatoms. The summed E-state index contributed by atoms with van der Waals surface area (Å²) in [5.74, 6) is 0. The molecule has 0 saturated carbocycles. The standard InChI is InChI=1S/C13H30N4.C10H25N3/c1-13-12-16(4)9-8-14(2)6-7-15(3)10-11-17(13)5;1-10(9-12(4)5)13(6)8-7-11(2)3/h13H,6-12H2,1-5H3;10H,7-9H2,1-6H3. The third kappa shape index (κ3) is 15.5. The van der Waals surface area contributed by atoms with E-state index in [-0.39, 0.29) is 0 Å². The molecule has 0 radical (unpaired) electrons. The van der Waals surface area contributed by atoms with E-state index in [0.717, 1.165) is 32.7 Å². The van der Waals surface area contributed by atoms with Gasteiger partial charge in [0, 0.05) is 77.5 Å². The summed E-state index contributed by atoms with van der Waals surface area (Å²) in [6.07, 6.45) is 0. The van der Waals surface area contributed by atoms with Crippen LogP contribution in [0.1, 0.15) is 13.8 Å².